The second-order valence-electron chi connectivity index (χ2n) is 3.34. The van der Waals surface area contributed by atoms with E-state index in [4.69, 9.17) is 5.73 Å². The number of anilines is 2. The van der Waals surface area contributed by atoms with E-state index in [0.29, 0.717) is 11.5 Å². The zero-order chi connectivity index (χ0) is 13.0. The highest BCUT2D eigenvalue weighted by Crippen LogP contribution is 2.26. The topological polar surface area (TPSA) is 93.8 Å². The monoisotopic (exact) mass is 261 g/mol. The van der Waals surface area contributed by atoms with Gasteiger partial charge in [0.15, 0.2) is 5.69 Å². The fraction of sp³-hybridized carbons (Fsp3) is 0.0909. The molecule has 0 aliphatic heterocycles. The van der Waals surface area contributed by atoms with Gasteiger partial charge < -0.3 is 11.1 Å². The Kier molecular flexibility index (Phi) is 3.73. The van der Waals surface area contributed by atoms with Crippen LogP contribution in [0.1, 0.15) is 10.5 Å². The van der Waals surface area contributed by atoms with Crippen LogP contribution in [0.5, 0.6) is 0 Å². The first kappa shape index (κ1) is 12.3. The summed E-state index contributed by atoms with van der Waals surface area (Å²) in [5.41, 5.74) is 5.82. The molecule has 3 N–H and O–H groups in total. The molecule has 2 aromatic rings. The lowest BCUT2D eigenvalue weighted by atomic mass is 10.3. The third-order valence-corrected chi connectivity index (χ3v) is 2.97. The molecular weight excluding hydrogens is 250 g/mol. The van der Waals surface area contributed by atoms with Gasteiger partial charge >= 0.3 is 0 Å². The number of aromatic nitrogens is 3. The molecule has 2 aromatic heterocycles. The van der Waals surface area contributed by atoms with Gasteiger partial charge in [0, 0.05) is 11.1 Å². The van der Waals surface area contributed by atoms with Gasteiger partial charge in [-0.2, -0.15) is 5.10 Å². The summed E-state index contributed by atoms with van der Waals surface area (Å²) in [4.78, 5) is 16.4. The Morgan fingerprint density at radius 3 is 2.94 bits per heavy atom. The summed E-state index contributed by atoms with van der Waals surface area (Å²) in [7, 11) is 0. The Morgan fingerprint density at radius 2 is 2.22 bits per heavy atom. The van der Waals surface area contributed by atoms with E-state index < -0.39 is 5.91 Å². The second-order valence-corrected chi connectivity index (χ2v) is 4.19. The maximum Gasteiger partial charge on any atom is 0.271 e. The van der Waals surface area contributed by atoms with E-state index >= 15 is 0 Å². The van der Waals surface area contributed by atoms with E-state index in [1.807, 2.05) is 18.4 Å². The van der Waals surface area contributed by atoms with Crippen LogP contribution in [0.25, 0.3) is 0 Å². The fourth-order valence-electron chi connectivity index (χ4n) is 1.39. The van der Waals surface area contributed by atoms with Crippen LogP contribution in [0.4, 0.5) is 11.5 Å². The molecule has 2 heterocycles. The number of rotatable bonds is 4. The molecule has 0 aliphatic carbocycles. The Labute approximate surface area is 108 Å². The fourth-order valence-corrected chi connectivity index (χ4v) is 1.90. The van der Waals surface area contributed by atoms with Crippen molar-refractivity contribution < 1.29 is 4.79 Å². The minimum absolute atomic E-state index is 0.0928. The Hall–Kier alpha value is -2.15. The number of amides is 1. The van der Waals surface area contributed by atoms with Crippen LogP contribution < -0.4 is 11.1 Å². The van der Waals surface area contributed by atoms with Gasteiger partial charge in [0.05, 0.1) is 11.9 Å². The largest absolute Gasteiger partial charge is 0.364 e. The molecule has 1 amide bonds. The van der Waals surface area contributed by atoms with Crippen molar-refractivity contribution in [1.29, 1.82) is 0 Å². The van der Waals surface area contributed by atoms with Gasteiger partial charge in [0.1, 0.15) is 5.82 Å². The number of primary amides is 1. The highest BCUT2D eigenvalue weighted by molar-refractivity contribution is 7.98. The number of thioether (sulfide) groups is 1. The van der Waals surface area contributed by atoms with Gasteiger partial charge in [-0.05, 0) is 24.5 Å². The van der Waals surface area contributed by atoms with Gasteiger partial charge in [-0.25, -0.2) is 4.98 Å². The predicted molar refractivity (Wildman–Crippen MR) is 69.9 cm³/mol. The SMILES string of the molecule is CSc1cccnc1Nc1ccnnc1C(N)=O. The van der Waals surface area contributed by atoms with Gasteiger partial charge in [-0.15, -0.1) is 16.9 Å². The summed E-state index contributed by atoms with van der Waals surface area (Å²) in [6.45, 7) is 0. The third-order valence-electron chi connectivity index (χ3n) is 2.20. The van der Waals surface area contributed by atoms with E-state index in [2.05, 4.69) is 20.5 Å². The van der Waals surface area contributed by atoms with Crippen LogP contribution >= 0.6 is 11.8 Å². The maximum absolute atomic E-state index is 11.2. The smallest absolute Gasteiger partial charge is 0.271 e. The first-order valence-corrected chi connectivity index (χ1v) is 6.32. The quantitative estimate of drug-likeness (QED) is 0.809. The van der Waals surface area contributed by atoms with Crippen molar-refractivity contribution in [2.45, 2.75) is 4.90 Å². The van der Waals surface area contributed by atoms with Crippen molar-refractivity contribution in [3.05, 3.63) is 36.3 Å². The lowest BCUT2D eigenvalue weighted by Gasteiger charge is -2.10. The van der Waals surface area contributed by atoms with Gasteiger partial charge in [0.25, 0.3) is 5.91 Å². The van der Waals surface area contributed by atoms with E-state index in [-0.39, 0.29) is 5.69 Å². The minimum atomic E-state index is -0.632. The lowest BCUT2D eigenvalue weighted by molar-refractivity contribution is 0.0995. The highest BCUT2D eigenvalue weighted by atomic mass is 32.2. The Morgan fingerprint density at radius 1 is 1.39 bits per heavy atom. The molecule has 18 heavy (non-hydrogen) atoms. The van der Waals surface area contributed by atoms with Crippen LogP contribution in [-0.2, 0) is 0 Å². The third kappa shape index (κ3) is 2.57. The zero-order valence-electron chi connectivity index (χ0n) is 9.62. The van der Waals surface area contributed by atoms with Gasteiger partial charge in [-0.3, -0.25) is 4.79 Å². The van der Waals surface area contributed by atoms with Crippen molar-refractivity contribution >= 4 is 29.2 Å². The predicted octanol–water partition coefficient (Wildman–Crippen LogP) is 1.44. The van der Waals surface area contributed by atoms with Crippen molar-refractivity contribution in [3.8, 4) is 0 Å². The molecule has 0 radical (unpaired) electrons. The summed E-state index contributed by atoms with van der Waals surface area (Å²) < 4.78 is 0. The average Bonchev–Trinajstić information content (AvgIpc) is 2.40. The first-order chi connectivity index (χ1) is 8.72. The number of nitrogens with two attached hydrogens (primary N) is 1. The molecular formula is C11H11N5OS. The van der Waals surface area contributed by atoms with Crippen LogP contribution in [0.2, 0.25) is 0 Å². The number of nitrogens with one attached hydrogen (secondary N) is 1. The molecule has 0 spiro atoms. The summed E-state index contributed by atoms with van der Waals surface area (Å²) in [6.07, 6.45) is 5.10. The van der Waals surface area contributed by atoms with E-state index in [1.54, 1.807) is 24.0 Å². The van der Waals surface area contributed by atoms with Crippen molar-refractivity contribution in [1.82, 2.24) is 15.2 Å². The minimum Gasteiger partial charge on any atom is -0.364 e. The molecule has 2 rings (SSSR count). The number of hydrogen-bond donors (Lipinski definition) is 2. The van der Waals surface area contributed by atoms with Crippen LogP contribution in [0, 0.1) is 0 Å². The summed E-state index contributed by atoms with van der Waals surface area (Å²) in [5.74, 6) is 0.0210. The molecule has 0 aliphatic rings. The molecule has 6 nitrogen and oxygen atoms in total. The summed E-state index contributed by atoms with van der Waals surface area (Å²) in [6, 6.07) is 5.40. The van der Waals surface area contributed by atoms with E-state index in [0.717, 1.165) is 4.90 Å². The number of carbonyl (C=O) groups is 1. The molecule has 0 saturated carbocycles. The number of pyridine rings is 1. The first-order valence-electron chi connectivity index (χ1n) is 5.10. The van der Waals surface area contributed by atoms with Gasteiger partial charge in [0.2, 0.25) is 0 Å². The normalized spacial score (nSPS) is 10.1. The number of carbonyl (C=O) groups excluding carboxylic acids is 1. The van der Waals surface area contributed by atoms with Crippen LogP contribution in [0.15, 0.2) is 35.5 Å². The number of hydrogen-bond acceptors (Lipinski definition) is 6. The summed E-state index contributed by atoms with van der Waals surface area (Å²) in [5, 5.41) is 10.4. The van der Waals surface area contributed by atoms with Gasteiger partial charge in [-0.1, -0.05) is 0 Å². The highest BCUT2D eigenvalue weighted by Gasteiger charge is 2.11. The van der Waals surface area contributed by atoms with E-state index in [1.165, 1.54) is 6.20 Å². The van der Waals surface area contributed by atoms with E-state index in [9.17, 15) is 4.79 Å². The molecule has 0 unspecified atom stereocenters. The average molecular weight is 261 g/mol. The van der Waals surface area contributed by atoms with Crippen molar-refractivity contribution in [2.75, 3.05) is 11.6 Å². The zero-order valence-corrected chi connectivity index (χ0v) is 10.4. The Bertz CT molecular complexity index is 575. The second kappa shape index (κ2) is 5.46. The number of nitrogens with zero attached hydrogens (tertiary/aromatic N) is 3. The standard InChI is InChI=1S/C11H11N5OS/c1-18-8-3-2-5-13-11(8)15-7-4-6-14-16-9(7)10(12)17/h2-6H,1H3,(H2,12,17)(H,13,14,15). The lowest BCUT2D eigenvalue weighted by Crippen LogP contribution is -2.16. The molecule has 0 bridgehead atoms. The van der Waals surface area contributed by atoms with Crippen LogP contribution in [-0.4, -0.2) is 27.3 Å². The molecule has 92 valence electrons. The maximum atomic E-state index is 11.2. The molecule has 0 fully saturated rings. The van der Waals surface area contributed by atoms with Crippen molar-refractivity contribution in [2.24, 2.45) is 5.73 Å². The molecule has 0 saturated heterocycles. The molecule has 7 heteroatoms. The summed E-state index contributed by atoms with van der Waals surface area (Å²) >= 11 is 1.55. The molecule has 0 aromatic carbocycles. The molecule has 0 atom stereocenters. The van der Waals surface area contributed by atoms with Crippen molar-refractivity contribution in [3.63, 3.8) is 0 Å². The van der Waals surface area contributed by atoms with Crippen LogP contribution in [0.3, 0.4) is 0 Å². The Balaban J connectivity index is 2.37.